The van der Waals surface area contributed by atoms with Gasteiger partial charge in [0, 0.05) is 25.5 Å². The van der Waals surface area contributed by atoms with Gasteiger partial charge in [-0.3, -0.25) is 0 Å². The van der Waals surface area contributed by atoms with Crippen LogP contribution >= 0.6 is 0 Å². The normalized spacial score (nSPS) is 17.2. The van der Waals surface area contributed by atoms with Crippen LogP contribution in [0.25, 0.3) is 0 Å². The van der Waals surface area contributed by atoms with Crippen LogP contribution < -0.4 is 0 Å². The lowest BCUT2D eigenvalue weighted by Crippen LogP contribution is -2.38. The van der Waals surface area contributed by atoms with E-state index >= 15 is 0 Å². The molecule has 0 aromatic rings. The summed E-state index contributed by atoms with van der Waals surface area (Å²) < 4.78 is 0. The monoisotopic (exact) mass is 336 g/mol. The second-order valence-corrected chi connectivity index (χ2v) is 7.52. The van der Waals surface area contributed by atoms with E-state index in [0.29, 0.717) is 6.17 Å². The first-order chi connectivity index (χ1) is 11.8. The second-order valence-electron chi connectivity index (χ2n) is 7.52. The first-order valence-electron chi connectivity index (χ1n) is 11.0. The van der Waals surface area contributed by atoms with Crippen molar-refractivity contribution in [1.29, 1.82) is 0 Å². The molecule has 2 nitrogen and oxygen atoms in total. The van der Waals surface area contributed by atoms with E-state index in [1.807, 2.05) is 0 Å². The van der Waals surface area contributed by atoms with Crippen LogP contribution in [0.1, 0.15) is 111 Å². The summed E-state index contributed by atoms with van der Waals surface area (Å²) in [5.74, 6) is 0. The minimum Gasteiger partial charge on any atom is -0.356 e. The van der Waals surface area contributed by atoms with Crippen LogP contribution in [-0.2, 0) is 0 Å². The van der Waals surface area contributed by atoms with E-state index in [1.54, 1.807) is 0 Å². The molecular formula is C22H44N2. The Labute approximate surface area is 152 Å². The molecule has 142 valence electrons. The zero-order valence-electron chi connectivity index (χ0n) is 16.9. The van der Waals surface area contributed by atoms with Crippen molar-refractivity contribution < 1.29 is 0 Å². The molecule has 0 aromatic carbocycles. The van der Waals surface area contributed by atoms with Gasteiger partial charge in [-0.1, -0.05) is 84.5 Å². The summed E-state index contributed by atoms with van der Waals surface area (Å²) in [7, 11) is 0. The minimum atomic E-state index is 0.640. The molecule has 1 rings (SSSR count). The molecule has 0 saturated heterocycles. The molecular weight excluding hydrogens is 292 g/mol. The van der Waals surface area contributed by atoms with Gasteiger partial charge in [-0.2, -0.15) is 0 Å². The fourth-order valence-corrected chi connectivity index (χ4v) is 3.79. The van der Waals surface area contributed by atoms with Crippen LogP contribution in [0, 0.1) is 0 Å². The Morgan fingerprint density at radius 3 is 1.67 bits per heavy atom. The maximum Gasteiger partial charge on any atom is 0.101 e. The first-order valence-corrected chi connectivity index (χ1v) is 11.0. The highest BCUT2D eigenvalue weighted by Gasteiger charge is 2.23. The molecule has 0 fully saturated rings. The van der Waals surface area contributed by atoms with Crippen LogP contribution in [0.5, 0.6) is 0 Å². The first kappa shape index (κ1) is 21.4. The third-order valence-electron chi connectivity index (χ3n) is 5.42. The van der Waals surface area contributed by atoms with Gasteiger partial charge >= 0.3 is 0 Å². The van der Waals surface area contributed by atoms with Gasteiger partial charge in [0.05, 0.1) is 0 Å². The predicted octanol–water partition coefficient (Wildman–Crippen LogP) is 6.92. The molecule has 1 atom stereocenters. The van der Waals surface area contributed by atoms with Crippen molar-refractivity contribution in [3.8, 4) is 0 Å². The van der Waals surface area contributed by atoms with Crippen molar-refractivity contribution >= 4 is 0 Å². The summed E-state index contributed by atoms with van der Waals surface area (Å²) >= 11 is 0. The van der Waals surface area contributed by atoms with E-state index in [0.717, 1.165) is 6.54 Å². The summed E-state index contributed by atoms with van der Waals surface area (Å²) in [6.45, 7) is 9.27. The summed E-state index contributed by atoms with van der Waals surface area (Å²) in [4.78, 5) is 5.14. The van der Waals surface area contributed by atoms with Crippen LogP contribution in [-0.4, -0.2) is 29.1 Å². The van der Waals surface area contributed by atoms with Crippen LogP contribution in [0.2, 0.25) is 0 Å². The summed E-state index contributed by atoms with van der Waals surface area (Å²) in [5.41, 5.74) is 0. The molecule has 2 heteroatoms. The van der Waals surface area contributed by atoms with Gasteiger partial charge in [-0.15, -0.1) is 0 Å². The van der Waals surface area contributed by atoms with Crippen molar-refractivity contribution in [1.82, 2.24) is 9.80 Å². The smallest absolute Gasteiger partial charge is 0.101 e. The summed E-state index contributed by atoms with van der Waals surface area (Å²) in [6.07, 6.45) is 24.9. The lowest BCUT2D eigenvalue weighted by Gasteiger charge is -2.32. The average Bonchev–Trinajstić information content (AvgIpc) is 2.99. The molecule has 1 aliphatic heterocycles. The SMILES string of the molecule is CCCCCCCCCCN1C=CN(CC)C1CCCCCCC. The van der Waals surface area contributed by atoms with Gasteiger partial charge in [0.15, 0.2) is 0 Å². The van der Waals surface area contributed by atoms with Gasteiger partial charge in [-0.05, 0) is 26.2 Å². The van der Waals surface area contributed by atoms with E-state index in [2.05, 4.69) is 43.0 Å². The number of hydrogen-bond acceptors (Lipinski definition) is 2. The lowest BCUT2D eigenvalue weighted by atomic mass is 10.1. The maximum atomic E-state index is 2.61. The van der Waals surface area contributed by atoms with Gasteiger partial charge in [0.2, 0.25) is 0 Å². The average molecular weight is 337 g/mol. The highest BCUT2D eigenvalue weighted by molar-refractivity contribution is 4.96. The van der Waals surface area contributed by atoms with Crippen molar-refractivity contribution in [3.63, 3.8) is 0 Å². The summed E-state index contributed by atoms with van der Waals surface area (Å²) in [6, 6.07) is 0. The van der Waals surface area contributed by atoms with Gasteiger partial charge in [0.1, 0.15) is 6.17 Å². The van der Waals surface area contributed by atoms with E-state index in [4.69, 9.17) is 0 Å². The molecule has 0 N–H and O–H groups in total. The molecule has 0 aromatic heterocycles. The Balaban J connectivity index is 2.13. The van der Waals surface area contributed by atoms with Crippen molar-refractivity contribution in [3.05, 3.63) is 12.4 Å². The van der Waals surface area contributed by atoms with Crippen LogP contribution in [0.4, 0.5) is 0 Å². The van der Waals surface area contributed by atoms with Crippen molar-refractivity contribution in [2.24, 2.45) is 0 Å². The Morgan fingerprint density at radius 2 is 1.08 bits per heavy atom. The van der Waals surface area contributed by atoms with Crippen molar-refractivity contribution in [2.75, 3.05) is 13.1 Å². The van der Waals surface area contributed by atoms with E-state index < -0.39 is 0 Å². The zero-order chi connectivity index (χ0) is 17.5. The maximum absolute atomic E-state index is 2.61. The highest BCUT2D eigenvalue weighted by Crippen LogP contribution is 2.22. The molecule has 0 spiro atoms. The molecule has 0 radical (unpaired) electrons. The molecule has 1 unspecified atom stereocenters. The number of nitrogens with zero attached hydrogens (tertiary/aromatic N) is 2. The second kappa shape index (κ2) is 14.7. The quantitative estimate of drug-likeness (QED) is 0.282. The number of rotatable bonds is 16. The van der Waals surface area contributed by atoms with Gasteiger partial charge < -0.3 is 9.80 Å². The van der Waals surface area contributed by atoms with Gasteiger partial charge in [-0.25, -0.2) is 0 Å². The zero-order valence-corrected chi connectivity index (χ0v) is 16.9. The molecule has 0 bridgehead atoms. The third kappa shape index (κ3) is 8.99. The predicted molar refractivity (Wildman–Crippen MR) is 108 cm³/mol. The Hall–Kier alpha value is -0.660. The Morgan fingerprint density at radius 1 is 0.583 bits per heavy atom. The minimum absolute atomic E-state index is 0.640. The Kier molecular flexibility index (Phi) is 13.1. The number of hydrogen-bond donors (Lipinski definition) is 0. The van der Waals surface area contributed by atoms with Gasteiger partial charge in [0.25, 0.3) is 0 Å². The van der Waals surface area contributed by atoms with E-state index in [-0.39, 0.29) is 0 Å². The topological polar surface area (TPSA) is 6.48 Å². The van der Waals surface area contributed by atoms with E-state index in [1.165, 1.54) is 96.4 Å². The molecule has 0 amide bonds. The lowest BCUT2D eigenvalue weighted by molar-refractivity contribution is 0.142. The molecule has 1 aliphatic rings. The molecule has 24 heavy (non-hydrogen) atoms. The standard InChI is InChI=1S/C22H44N2/c1-4-7-9-11-12-13-15-17-19-24-21-20-23(6-3)22(24)18-16-14-10-8-5-2/h20-22H,4-19H2,1-3H3. The largest absolute Gasteiger partial charge is 0.356 e. The van der Waals surface area contributed by atoms with Crippen LogP contribution in [0.3, 0.4) is 0 Å². The van der Waals surface area contributed by atoms with E-state index in [9.17, 15) is 0 Å². The molecule has 0 aliphatic carbocycles. The van der Waals surface area contributed by atoms with Crippen molar-refractivity contribution in [2.45, 2.75) is 117 Å². The fourth-order valence-electron chi connectivity index (χ4n) is 3.79. The molecule has 1 heterocycles. The highest BCUT2D eigenvalue weighted by atomic mass is 15.4. The fraction of sp³-hybridized carbons (Fsp3) is 0.909. The Bertz CT molecular complexity index is 300. The van der Waals surface area contributed by atoms with Crippen LogP contribution in [0.15, 0.2) is 12.4 Å². The third-order valence-corrected chi connectivity index (χ3v) is 5.42. The summed E-state index contributed by atoms with van der Waals surface area (Å²) in [5, 5.41) is 0. The number of unbranched alkanes of at least 4 members (excludes halogenated alkanes) is 11. The molecule has 0 saturated carbocycles.